The van der Waals surface area contributed by atoms with Gasteiger partial charge in [0.2, 0.25) is 0 Å². The van der Waals surface area contributed by atoms with Crippen LogP contribution in [0.1, 0.15) is 24.2 Å². The van der Waals surface area contributed by atoms with Crippen LogP contribution < -0.4 is 11.6 Å². The summed E-state index contributed by atoms with van der Waals surface area (Å²) in [5, 5.41) is 2.30. The normalized spacial score (nSPS) is 12.9. The maximum atomic E-state index is 6.54. The fraction of sp³-hybridized carbons (Fsp3) is 0.0870. The molecule has 0 fully saturated rings. The molecule has 2 aromatic heterocycles. The van der Waals surface area contributed by atoms with Crippen LogP contribution >= 0.6 is 11.6 Å². The van der Waals surface area contributed by atoms with Crippen molar-refractivity contribution in [3.05, 3.63) is 101 Å². The molecule has 4 rings (SSSR count). The number of benzene rings is 2. The largest absolute Gasteiger partial charge is 0.396 e. The van der Waals surface area contributed by atoms with Crippen LogP contribution in [0.2, 0.25) is 5.02 Å². The molecule has 0 aliphatic rings. The smallest absolute Gasteiger partial charge is 0.137 e. The summed E-state index contributed by atoms with van der Waals surface area (Å²) in [6.07, 6.45) is 3.70. The molecule has 4 N–H and O–H groups in total. The van der Waals surface area contributed by atoms with Gasteiger partial charge in [-0.05, 0) is 36.8 Å². The molecule has 0 saturated carbocycles. The minimum Gasteiger partial charge on any atom is -0.396 e. The Morgan fingerprint density at radius 2 is 1.72 bits per heavy atom. The van der Waals surface area contributed by atoms with Gasteiger partial charge in [0.25, 0.3) is 0 Å². The molecule has 2 aromatic carbocycles. The SMILES string of the molecule is CC(c1ccccc1)N(N)/C=C(\N)c1c(-c2ccc(Cl)cc2)nc2ccccn12. The highest BCUT2D eigenvalue weighted by Crippen LogP contribution is 2.29. The lowest BCUT2D eigenvalue weighted by molar-refractivity contribution is 0.310. The predicted molar refractivity (Wildman–Crippen MR) is 119 cm³/mol. The summed E-state index contributed by atoms with van der Waals surface area (Å²) >= 11 is 6.06. The molecule has 4 aromatic rings. The van der Waals surface area contributed by atoms with Gasteiger partial charge in [0.15, 0.2) is 0 Å². The van der Waals surface area contributed by atoms with Gasteiger partial charge in [-0.1, -0.05) is 60.1 Å². The van der Waals surface area contributed by atoms with Crippen molar-refractivity contribution in [1.82, 2.24) is 14.4 Å². The van der Waals surface area contributed by atoms with Gasteiger partial charge >= 0.3 is 0 Å². The zero-order valence-corrected chi connectivity index (χ0v) is 16.8. The van der Waals surface area contributed by atoms with Gasteiger partial charge in [-0.25, -0.2) is 10.8 Å². The van der Waals surface area contributed by atoms with Crippen molar-refractivity contribution in [1.29, 1.82) is 0 Å². The summed E-state index contributed by atoms with van der Waals surface area (Å²) in [6.45, 7) is 2.04. The van der Waals surface area contributed by atoms with E-state index in [0.29, 0.717) is 10.7 Å². The average Bonchev–Trinajstić information content (AvgIpc) is 3.14. The quantitative estimate of drug-likeness (QED) is 0.369. The lowest BCUT2D eigenvalue weighted by Crippen LogP contribution is -2.29. The number of nitrogens with zero attached hydrogens (tertiary/aromatic N) is 3. The molecule has 146 valence electrons. The number of halogens is 1. The van der Waals surface area contributed by atoms with Crippen molar-refractivity contribution >= 4 is 22.9 Å². The lowest BCUT2D eigenvalue weighted by Gasteiger charge is -2.23. The van der Waals surface area contributed by atoms with E-state index in [-0.39, 0.29) is 6.04 Å². The molecule has 0 bridgehead atoms. The number of pyridine rings is 1. The van der Waals surface area contributed by atoms with E-state index < -0.39 is 0 Å². The van der Waals surface area contributed by atoms with E-state index in [4.69, 9.17) is 28.2 Å². The molecule has 5 nitrogen and oxygen atoms in total. The lowest BCUT2D eigenvalue weighted by atomic mass is 10.1. The molecule has 1 atom stereocenters. The van der Waals surface area contributed by atoms with Crippen LogP contribution in [0.5, 0.6) is 0 Å². The van der Waals surface area contributed by atoms with Gasteiger partial charge in [0.1, 0.15) is 5.65 Å². The van der Waals surface area contributed by atoms with Crippen molar-refractivity contribution in [2.45, 2.75) is 13.0 Å². The fourth-order valence-electron chi connectivity index (χ4n) is 3.32. The second-order valence-electron chi connectivity index (χ2n) is 6.86. The monoisotopic (exact) mass is 403 g/mol. The summed E-state index contributed by atoms with van der Waals surface area (Å²) in [6, 6.07) is 23.4. The summed E-state index contributed by atoms with van der Waals surface area (Å²) in [4.78, 5) is 4.78. The molecule has 29 heavy (non-hydrogen) atoms. The highest BCUT2D eigenvalue weighted by Gasteiger charge is 2.18. The minimum absolute atomic E-state index is 0.0343. The van der Waals surface area contributed by atoms with Crippen LogP contribution in [0.15, 0.2) is 85.2 Å². The van der Waals surface area contributed by atoms with Crippen LogP contribution in [-0.4, -0.2) is 14.4 Å². The fourth-order valence-corrected chi connectivity index (χ4v) is 3.44. The van der Waals surface area contributed by atoms with Gasteiger partial charge in [-0.15, -0.1) is 0 Å². The first-order valence-electron chi connectivity index (χ1n) is 9.33. The number of fused-ring (bicyclic) bond motifs is 1. The number of aromatic nitrogens is 2. The van der Waals surface area contributed by atoms with E-state index in [1.54, 1.807) is 11.2 Å². The Hall–Kier alpha value is -3.28. The van der Waals surface area contributed by atoms with E-state index in [1.807, 2.05) is 90.3 Å². The molecule has 0 aliphatic carbocycles. The molecule has 0 radical (unpaired) electrons. The van der Waals surface area contributed by atoms with Crippen molar-refractivity contribution in [3.63, 3.8) is 0 Å². The molecule has 0 saturated heterocycles. The van der Waals surface area contributed by atoms with Crippen LogP contribution in [0.3, 0.4) is 0 Å². The van der Waals surface area contributed by atoms with Crippen LogP contribution in [0.4, 0.5) is 0 Å². The first-order valence-corrected chi connectivity index (χ1v) is 9.71. The Labute approximate surface area is 174 Å². The second-order valence-corrected chi connectivity index (χ2v) is 7.30. The molecule has 0 aliphatic heterocycles. The van der Waals surface area contributed by atoms with Crippen molar-refractivity contribution < 1.29 is 0 Å². The maximum absolute atomic E-state index is 6.54. The van der Waals surface area contributed by atoms with Gasteiger partial charge in [-0.2, -0.15) is 0 Å². The third-order valence-electron chi connectivity index (χ3n) is 4.94. The van der Waals surface area contributed by atoms with Crippen LogP contribution in [0.25, 0.3) is 22.6 Å². The van der Waals surface area contributed by atoms with E-state index in [9.17, 15) is 0 Å². The van der Waals surface area contributed by atoms with Gasteiger partial charge in [0.05, 0.1) is 23.1 Å². The topological polar surface area (TPSA) is 72.6 Å². The Balaban J connectivity index is 1.78. The zero-order valence-electron chi connectivity index (χ0n) is 16.0. The number of rotatable bonds is 5. The first kappa shape index (κ1) is 19.1. The third-order valence-corrected chi connectivity index (χ3v) is 5.19. The van der Waals surface area contributed by atoms with E-state index in [2.05, 4.69) is 0 Å². The molecule has 2 heterocycles. The van der Waals surface area contributed by atoms with Crippen molar-refractivity contribution in [3.8, 4) is 11.3 Å². The Bertz CT molecular complexity index is 1150. The number of imidazole rings is 1. The highest BCUT2D eigenvalue weighted by atomic mass is 35.5. The molecule has 0 amide bonds. The zero-order chi connectivity index (χ0) is 20.4. The summed E-state index contributed by atoms with van der Waals surface area (Å²) in [5.74, 6) is 6.34. The van der Waals surface area contributed by atoms with Gasteiger partial charge in [-0.3, -0.25) is 4.40 Å². The maximum Gasteiger partial charge on any atom is 0.137 e. The Morgan fingerprint density at radius 1 is 1.03 bits per heavy atom. The second kappa shape index (κ2) is 7.99. The standard InChI is InChI=1S/C23H22ClN5/c1-16(17-7-3-2-4-8-17)29(26)15-20(25)23-22(18-10-12-19(24)13-11-18)27-21-9-5-6-14-28(21)23/h2-16H,25-26H2,1H3/b20-15-. The number of hydrazine groups is 1. The third kappa shape index (κ3) is 3.83. The highest BCUT2D eigenvalue weighted by molar-refractivity contribution is 6.30. The van der Waals surface area contributed by atoms with Crippen molar-refractivity contribution in [2.75, 3.05) is 0 Å². The molecular weight excluding hydrogens is 382 g/mol. The van der Waals surface area contributed by atoms with Crippen LogP contribution in [0, 0.1) is 0 Å². The van der Waals surface area contributed by atoms with E-state index >= 15 is 0 Å². The van der Waals surface area contributed by atoms with E-state index in [0.717, 1.165) is 28.2 Å². The summed E-state index contributed by atoms with van der Waals surface area (Å²) in [7, 11) is 0. The Morgan fingerprint density at radius 3 is 2.45 bits per heavy atom. The molecular formula is C23H22ClN5. The first-order chi connectivity index (χ1) is 14.0. The number of hydrogen-bond acceptors (Lipinski definition) is 4. The van der Waals surface area contributed by atoms with Gasteiger partial charge < -0.3 is 10.7 Å². The molecule has 1 unspecified atom stereocenters. The minimum atomic E-state index is -0.0343. The summed E-state index contributed by atoms with van der Waals surface area (Å²) < 4.78 is 1.97. The van der Waals surface area contributed by atoms with E-state index in [1.165, 1.54) is 0 Å². The van der Waals surface area contributed by atoms with Crippen LogP contribution in [-0.2, 0) is 0 Å². The number of hydrogen-bond donors (Lipinski definition) is 2. The number of nitrogens with two attached hydrogens (primary N) is 2. The summed E-state index contributed by atoms with van der Waals surface area (Å²) in [5.41, 5.74) is 11.5. The Kier molecular flexibility index (Phi) is 5.25. The molecule has 0 spiro atoms. The predicted octanol–water partition coefficient (Wildman–Crippen LogP) is 4.85. The van der Waals surface area contributed by atoms with Crippen molar-refractivity contribution in [2.24, 2.45) is 11.6 Å². The average molecular weight is 404 g/mol. The molecule has 6 heteroatoms. The van der Waals surface area contributed by atoms with Gasteiger partial charge in [0, 0.05) is 23.0 Å².